The second kappa shape index (κ2) is 9.28. The van der Waals surface area contributed by atoms with Crippen LogP contribution < -0.4 is 20.9 Å². The van der Waals surface area contributed by atoms with E-state index in [4.69, 9.17) is 9.72 Å². The molecule has 1 saturated heterocycles. The van der Waals surface area contributed by atoms with Crippen molar-refractivity contribution in [2.45, 2.75) is 5.66 Å². The van der Waals surface area contributed by atoms with Crippen LogP contribution >= 0.6 is 0 Å². The standard InChI is InChI=1S/C24H24N8O2/c1-2-20(33)31-24(8-3-4-9-28-24)22-21-17(7-10-25-22)15-27-23(30-21)29-18-5-6-19(26-16-18)32-11-13-34-14-12-32/h2-10,15-16,28H,1,11-14H2,(H,31,33)(H,27,29,30). The number of allylic oxidation sites excluding steroid dienone is 2. The molecule has 5 rings (SSSR count). The molecule has 10 nitrogen and oxygen atoms in total. The van der Waals surface area contributed by atoms with Crippen molar-refractivity contribution in [2.75, 3.05) is 36.5 Å². The number of dihydropyridines is 1. The molecule has 0 radical (unpaired) electrons. The fraction of sp³-hybridized carbons (Fsp3) is 0.208. The fourth-order valence-electron chi connectivity index (χ4n) is 3.89. The van der Waals surface area contributed by atoms with Crippen LogP contribution in [0.4, 0.5) is 17.5 Å². The van der Waals surface area contributed by atoms with Crippen LogP contribution in [0.5, 0.6) is 0 Å². The quantitative estimate of drug-likeness (QED) is 0.480. The number of fused-ring (bicyclic) bond motifs is 1. The Morgan fingerprint density at radius 3 is 2.76 bits per heavy atom. The highest BCUT2D eigenvalue weighted by molar-refractivity contribution is 5.89. The summed E-state index contributed by atoms with van der Waals surface area (Å²) in [5, 5.41) is 10.1. The highest BCUT2D eigenvalue weighted by atomic mass is 16.5. The van der Waals surface area contributed by atoms with Gasteiger partial charge < -0.3 is 25.6 Å². The summed E-state index contributed by atoms with van der Waals surface area (Å²) in [5.41, 5.74) is 0.809. The first-order valence-corrected chi connectivity index (χ1v) is 10.9. The van der Waals surface area contributed by atoms with E-state index in [-0.39, 0.29) is 5.91 Å². The van der Waals surface area contributed by atoms with Crippen LogP contribution in [0.2, 0.25) is 0 Å². The Labute approximate surface area is 196 Å². The minimum atomic E-state index is -1.08. The molecule has 2 aliphatic rings. The lowest BCUT2D eigenvalue weighted by Gasteiger charge is -2.33. The third-order valence-electron chi connectivity index (χ3n) is 5.58. The van der Waals surface area contributed by atoms with Gasteiger partial charge >= 0.3 is 0 Å². The van der Waals surface area contributed by atoms with Crippen molar-refractivity contribution in [1.29, 1.82) is 0 Å². The van der Waals surface area contributed by atoms with Gasteiger partial charge in [0.05, 0.1) is 25.1 Å². The molecule has 1 unspecified atom stereocenters. The Balaban J connectivity index is 1.45. The van der Waals surface area contributed by atoms with Crippen LogP contribution in [0, 0.1) is 0 Å². The molecule has 0 saturated carbocycles. The molecule has 172 valence electrons. The van der Waals surface area contributed by atoms with Crippen molar-refractivity contribution in [3.05, 3.63) is 79.6 Å². The Hall–Kier alpha value is -4.31. The molecule has 1 amide bonds. The first-order chi connectivity index (χ1) is 16.7. The maximum Gasteiger partial charge on any atom is 0.245 e. The van der Waals surface area contributed by atoms with Crippen LogP contribution in [0.3, 0.4) is 0 Å². The van der Waals surface area contributed by atoms with Crippen molar-refractivity contribution in [2.24, 2.45) is 0 Å². The summed E-state index contributed by atoms with van der Waals surface area (Å²) >= 11 is 0. The zero-order valence-electron chi connectivity index (χ0n) is 18.4. The highest BCUT2D eigenvalue weighted by Crippen LogP contribution is 2.28. The van der Waals surface area contributed by atoms with Gasteiger partial charge in [0.1, 0.15) is 17.0 Å². The predicted octanol–water partition coefficient (Wildman–Crippen LogP) is 2.13. The molecule has 3 aromatic heterocycles. The Bertz CT molecular complexity index is 1270. The van der Waals surface area contributed by atoms with E-state index in [2.05, 4.69) is 42.4 Å². The van der Waals surface area contributed by atoms with Crippen LogP contribution in [-0.2, 0) is 15.2 Å². The monoisotopic (exact) mass is 456 g/mol. The average Bonchev–Trinajstić information content (AvgIpc) is 2.89. The number of aromatic nitrogens is 4. The molecule has 10 heteroatoms. The first kappa shape index (κ1) is 21.5. The lowest BCUT2D eigenvalue weighted by atomic mass is 10.00. The second-order valence-electron chi connectivity index (χ2n) is 7.78. The first-order valence-electron chi connectivity index (χ1n) is 10.9. The van der Waals surface area contributed by atoms with Gasteiger partial charge in [-0.15, -0.1) is 0 Å². The smallest absolute Gasteiger partial charge is 0.245 e. The van der Waals surface area contributed by atoms with Crippen molar-refractivity contribution >= 4 is 34.3 Å². The minimum absolute atomic E-state index is 0.343. The molecule has 0 bridgehead atoms. The van der Waals surface area contributed by atoms with Crippen LogP contribution in [0.25, 0.3) is 10.9 Å². The molecular formula is C24H24N8O2. The largest absolute Gasteiger partial charge is 0.378 e. The molecule has 1 fully saturated rings. The summed E-state index contributed by atoms with van der Waals surface area (Å²) in [7, 11) is 0. The Kier molecular flexibility index (Phi) is 5.88. The fourth-order valence-corrected chi connectivity index (χ4v) is 3.89. The van der Waals surface area contributed by atoms with E-state index in [1.807, 2.05) is 36.4 Å². The van der Waals surface area contributed by atoms with E-state index in [9.17, 15) is 4.79 Å². The number of nitrogens with zero attached hydrogens (tertiary/aromatic N) is 5. The number of pyridine rings is 2. The average molecular weight is 457 g/mol. The number of hydrogen-bond acceptors (Lipinski definition) is 9. The van der Waals surface area contributed by atoms with Crippen LogP contribution in [-0.4, -0.2) is 52.1 Å². The predicted molar refractivity (Wildman–Crippen MR) is 129 cm³/mol. The topological polar surface area (TPSA) is 117 Å². The molecular weight excluding hydrogens is 432 g/mol. The van der Waals surface area contributed by atoms with Gasteiger partial charge in [0.2, 0.25) is 11.9 Å². The van der Waals surface area contributed by atoms with Crippen LogP contribution in [0.1, 0.15) is 5.69 Å². The SMILES string of the molecule is C=CC(=O)NC1(c2nccc3cnc(Nc4ccc(N5CCOCC5)nc4)nc23)C=CC=CN1. The molecule has 5 heterocycles. The third-order valence-corrected chi connectivity index (χ3v) is 5.58. The van der Waals surface area contributed by atoms with Gasteiger partial charge in [-0.2, -0.15) is 0 Å². The molecule has 1 atom stereocenters. The van der Waals surface area contributed by atoms with E-state index >= 15 is 0 Å². The second-order valence-corrected chi connectivity index (χ2v) is 7.78. The molecule has 3 N–H and O–H groups in total. The van der Waals surface area contributed by atoms with E-state index in [1.54, 1.807) is 24.8 Å². The number of rotatable bonds is 6. The molecule has 2 aliphatic heterocycles. The normalized spacial score (nSPS) is 19.5. The van der Waals surface area contributed by atoms with Gasteiger partial charge in [0, 0.05) is 30.9 Å². The summed E-state index contributed by atoms with van der Waals surface area (Å²) < 4.78 is 5.40. The van der Waals surface area contributed by atoms with Crippen molar-refractivity contribution in [3.8, 4) is 0 Å². The maximum absolute atomic E-state index is 12.2. The van der Waals surface area contributed by atoms with Gasteiger partial charge in [-0.3, -0.25) is 9.78 Å². The summed E-state index contributed by atoms with van der Waals surface area (Å²) in [6, 6.07) is 5.73. The van der Waals surface area contributed by atoms with Gasteiger partial charge in [0.25, 0.3) is 0 Å². The molecule has 3 aromatic rings. The van der Waals surface area contributed by atoms with Crippen molar-refractivity contribution in [1.82, 2.24) is 30.6 Å². The van der Waals surface area contributed by atoms with E-state index in [0.29, 0.717) is 30.4 Å². The van der Waals surface area contributed by atoms with E-state index in [1.165, 1.54) is 6.08 Å². The third kappa shape index (κ3) is 4.30. The molecule has 0 spiro atoms. The number of amides is 1. The minimum Gasteiger partial charge on any atom is -0.378 e. The van der Waals surface area contributed by atoms with Gasteiger partial charge in [-0.05, 0) is 42.6 Å². The Morgan fingerprint density at radius 2 is 2.03 bits per heavy atom. The summed E-state index contributed by atoms with van der Waals surface area (Å²) in [4.78, 5) is 32.7. The summed E-state index contributed by atoms with van der Waals surface area (Å²) in [6.45, 7) is 6.62. The van der Waals surface area contributed by atoms with Gasteiger partial charge in [-0.25, -0.2) is 15.0 Å². The summed E-state index contributed by atoms with van der Waals surface area (Å²) in [5.74, 6) is 0.955. The molecule has 0 aliphatic carbocycles. The van der Waals surface area contributed by atoms with Crippen molar-refractivity contribution in [3.63, 3.8) is 0 Å². The molecule has 0 aromatic carbocycles. The number of hydrogen-bond donors (Lipinski definition) is 3. The van der Waals surface area contributed by atoms with Gasteiger partial charge in [-0.1, -0.05) is 12.7 Å². The lowest BCUT2D eigenvalue weighted by molar-refractivity contribution is -0.118. The number of carbonyl (C=O) groups is 1. The van der Waals surface area contributed by atoms with E-state index in [0.717, 1.165) is 30.0 Å². The summed E-state index contributed by atoms with van der Waals surface area (Å²) in [6.07, 6.45) is 13.6. The highest BCUT2D eigenvalue weighted by Gasteiger charge is 2.34. The zero-order valence-corrected chi connectivity index (χ0v) is 18.4. The maximum atomic E-state index is 12.2. The van der Waals surface area contributed by atoms with Crippen molar-refractivity contribution < 1.29 is 9.53 Å². The Morgan fingerprint density at radius 1 is 1.15 bits per heavy atom. The van der Waals surface area contributed by atoms with Crippen LogP contribution in [0.15, 0.2) is 73.9 Å². The van der Waals surface area contributed by atoms with Gasteiger partial charge in [0.15, 0.2) is 5.66 Å². The number of carbonyl (C=O) groups excluding carboxylic acids is 1. The number of anilines is 3. The number of ether oxygens (including phenoxy) is 1. The number of morpholine rings is 1. The number of nitrogens with one attached hydrogen (secondary N) is 3. The zero-order chi connectivity index (χ0) is 23.4. The van der Waals surface area contributed by atoms with E-state index < -0.39 is 5.66 Å². The lowest BCUT2D eigenvalue weighted by Crippen LogP contribution is -2.54. The molecule has 34 heavy (non-hydrogen) atoms.